The normalized spacial score (nSPS) is 54.3. The Morgan fingerprint density at radius 2 is 0.969 bits per heavy atom. The topological polar surface area (TPSA) is 0 Å². The van der Waals surface area contributed by atoms with Gasteiger partial charge in [0.05, 0.1) is 8.07 Å². The second kappa shape index (κ2) is 9.02. The third kappa shape index (κ3) is 3.72. The molecule has 0 heterocycles. The standard InChI is InChI=1S/C31H56Si/c1-19-18-29-27(26-15-10-13-24-12-8-9-14-25(24)26)16-11-17-28(29)30(19)32(6,7)31-22(4)20(2)21(3)23(31)5/h19-31H,8-18H2,1-7H3. The summed E-state index contributed by atoms with van der Waals surface area (Å²) < 4.78 is 0. The summed E-state index contributed by atoms with van der Waals surface area (Å²) in [5.41, 5.74) is 2.16. The van der Waals surface area contributed by atoms with Gasteiger partial charge in [-0.05, 0) is 102 Å². The summed E-state index contributed by atoms with van der Waals surface area (Å²) in [7, 11) is -1.33. The summed E-state index contributed by atoms with van der Waals surface area (Å²) in [6, 6.07) is 0. The SMILES string of the molecule is CC1CC2C(C3CCCC4CCCCC43)CCCC2C1[Si](C)(C)C1C(C)C(C)C(C)C1C. The zero-order valence-electron chi connectivity index (χ0n) is 22.8. The minimum absolute atomic E-state index is 0.929. The molecule has 5 aliphatic carbocycles. The fourth-order valence-corrected chi connectivity index (χ4v) is 19.0. The zero-order chi connectivity index (χ0) is 22.8. The summed E-state index contributed by atoms with van der Waals surface area (Å²) in [5.74, 6) is 11.4. The molecule has 0 N–H and O–H groups in total. The molecule has 5 aliphatic rings. The lowest BCUT2D eigenvalue weighted by atomic mass is 9.57. The molecular weight excluding hydrogens is 400 g/mol. The molecular formula is C31H56Si. The third-order valence-electron chi connectivity index (χ3n) is 13.4. The maximum absolute atomic E-state index is 2.88. The summed E-state index contributed by atoms with van der Waals surface area (Å²) in [5, 5.41) is 0. The highest BCUT2D eigenvalue weighted by Gasteiger charge is 2.59. The van der Waals surface area contributed by atoms with Crippen LogP contribution in [0, 0.1) is 65.1 Å². The van der Waals surface area contributed by atoms with Gasteiger partial charge in [0, 0.05) is 0 Å². The van der Waals surface area contributed by atoms with Crippen molar-refractivity contribution in [3.63, 3.8) is 0 Å². The van der Waals surface area contributed by atoms with Crippen LogP contribution in [0.5, 0.6) is 0 Å². The van der Waals surface area contributed by atoms with E-state index in [0.29, 0.717) is 0 Å². The Morgan fingerprint density at radius 1 is 0.469 bits per heavy atom. The second-order valence-electron chi connectivity index (χ2n) is 14.7. The van der Waals surface area contributed by atoms with Gasteiger partial charge in [0.2, 0.25) is 0 Å². The molecule has 0 amide bonds. The minimum atomic E-state index is -1.33. The van der Waals surface area contributed by atoms with Crippen LogP contribution in [-0.2, 0) is 0 Å². The van der Waals surface area contributed by atoms with Crippen LogP contribution < -0.4 is 0 Å². The van der Waals surface area contributed by atoms with E-state index < -0.39 is 8.07 Å². The van der Waals surface area contributed by atoms with E-state index in [0.717, 1.165) is 76.2 Å². The van der Waals surface area contributed by atoms with Gasteiger partial charge in [-0.3, -0.25) is 0 Å². The summed E-state index contributed by atoms with van der Waals surface area (Å²) in [6.07, 6.45) is 17.4. The van der Waals surface area contributed by atoms with Gasteiger partial charge in [-0.2, -0.15) is 0 Å². The molecule has 5 rings (SSSR count). The van der Waals surface area contributed by atoms with Crippen molar-refractivity contribution in [1.29, 1.82) is 0 Å². The number of hydrogen-bond donors (Lipinski definition) is 0. The lowest BCUT2D eigenvalue weighted by Gasteiger charge is -2.51. The Kier molecular flexibility index (Phi) is 6.75. The first kappa shape index (κ1) is 23.9. The average Bonchev–Trinajstić information content (AvgIpc) is 3.22. The first-order valence-electron chi connectivity index (χ1n) is 15.2. The van der Waals surface area contributed by atoms with Gasteiger partial charge < -0.3 is 0 Å². The molecule has 0 bridgehead atoms. The molecule has 12 atom stereocenters. The molecule has 0 radical (unpaired) electrons. The fraction of sp³-hybridized carbons (Fsp3) is 1.00. The highest BCUT2D eigenvalue weighted by atomic mass is 28.3. The molecule has 0 aliphatic heterocycles. The Hall–Kier alpha value is 0.217. The number of hydrogen-bond acceptors (Lipinski definition) is 0. The summed E-state index contributed by atoms with van der Waals surface area (Å²) >= 11 is 0. The van der Waals surface area contributed by atoms with E-state index in [4.69, 9.17) is 0 Å². The number of rotatable bonds is 3. The summed E-state index contributed by atoms with van der Waals surface area (Å²) in [4.78, 5) is 0. The number of fused-ring (bicyclic) bond motifs is 2. The van der Waals surface area contributed by atoms with Gasteiger partial charge in [-0.1, -0.05) is 92.7 Å². The van der Waals surface area contributed by atoms with Crippen LogP contribution in [0.3, 0.4) is 0 Å². The van der Waals surface area contributed by atoms with Crippen LogP contribution in [0.2, 0.25) is 24.2 Å². The Morgan fingerprint density at radius 3 is 1.66 bits per heavy atom. The van der Waals surface area contributed by atoms with Gasteiger partial charge in [-0.25, -0.2) is 0 Å². The molecule has 5 fully saturated rings. The van der Waals surface area contributed by atoms with Crippen molar-refractivity contribution < 1.29 is 0 Å². The van der Waals surface area contributed by atoms with Gasteiger partial charge in [0.25, 0.3) is 0 Å². The summed E-state index contributed by atoms with van der Waals surface area (Å²) in [6.45, 7) is 18.9. The first-order valence-corrected chi connectivity index (χ1v) is 18.4. The molecule has 0 aromatic rings. The van der Waals surface area contributed by atoms with Gasteiger partial charge in [0.15, 0.2) is 0 Å². The van der Waals surface area contributed by atoms with Gasteiger partial charge in [-0.15, -0.1) is 0 Å². The van der Waals surface area contributed by atoms with Crippen LogP contribution in [0.1, 0.15) is 105 Å². The smallest absolute Gasteiger partial charge is 0.0546 e. The molecule has 0 aromatic heterocycles. The Labute approximate surface area is 202 Å². The van der Waals surface area contributed by atoms with Crippen molar-refractivity contribution >= 4 is 8.07 Å². The van der Waals surface area contributed by atoms with Crippen molar-refractivity contribution in [2.45, 2.75) is 129 Å². The fourth-order valence-electron chi connectivity index (χ4n) is 12.1. The second-order valence-corrected chi connectivity index (χ2v) is 19.7. The van der Waals surface area contributed by atoms with Gasteiger partial charge in [0.1, 0.15) is 0 Å². The van der Waals surface area contributed by atoms with E-state index in [1.807, 2.05) is 0 Å². The van der Waals surface area contributed by atoms with E-state index in [9.17, 15) is 0 Å². The molecule has 0 saturated heterocycles. The first-order chi connectivity index (χ1) is 15.2. The van der Waals surface area contributed by atoms with Crippen LogP contribution in [-0.4, -0.2) is 8.07 Å². The third-order valence-corrected chi connectivity index (χ3v) is 18.9. The quantitative estimate of drug-likeness (QED) is 0.371. The van der Waals surface area contributed by atoms with E-state index >= 15 is 0 Å². The van der Waals surface area contributed by atoms with E-state index in [1.54, 1.807) is 64.2 Å². The van der Waals surface area contributed by atoms with Crippen LogP contribution in [0.15, 0.2) is 0 Å². The Bertz CT molecular complexity index is 637. The Balaban J connectivity index is 1.39. The molecule has 12 unspecified atom stereocenters. The molecule has 5 saturated carbocycles. The maximum Gasteiger partial charge on any atom is 0.0546 e. The predicted octanol–water partition coefficient (Wildman–Crippen LogP) is 9.67. The van der Waals surface area contributed by atoms with E-state index in [1.165, 1.54) is 6.42 Å². The molecule has 184 valence electrons. The molecule has 0 aromatic carbocycles. The van der Waals surface area contributed by atoms with Crippen molar-refractivity contribution in [3.8, 4) is 0 Å². The van der Waals surface area contributed by atoms with Crippen LogP contribution >= 0.6 is 0 Å². The van der Waals surface area contributed by atoms with Crippen molar-refractivity contribution in [1.82, 2.24) is 0 Å². The molecule has 0 nitrogen and oxygen atoms in total. The average molecular weight is 457 g/mol. The highest BCUT2D eigenvalue weighted by molar-refractivity contribution is 6.80. The van der Waals surface area contributed by atoms with Crippen molar-refractivity contribution in [2.24, 2.45) is 65.1 Å². The van der Waals surface area contributed by atoms with E-state index in [2.05, 4.69) is 47.7 Å². The molecule has 0 spiro atoms. The predicted molar refractivity (Wildman–Crippen MR) is 143 cm³/mol. The molecule has 32 heavy (non-hydrogen) atoms. The highest BCUT2D eigenvalue weighted by Crippen LogP contribution is 2.66. The maximum atomic E-state index is 2.88. The minimum Gasteiger partial charge on any atom is -0.0689 e. The van der Waals surface area contributed by atoms with Crippen molar-refractivity contribution in [3.05, 3.63) is 0 Å². The largest absolute Gasteiger partial charge is 0.0689 e. The lowest BCUT2D eigenvalue weighted by Crippen LogP contribution is -2.47. The lowest BCUT2D eigenvalue weighted by molar-refractivity contribution is 0.0126. The van der Waals surface area contributed by atoms with E-state index in [-0.39, 0.29) is 0 Å². The van der Waals surface area contributed by atoms with Gasteiger partial charge >= 0.3 is 0 Å². The zero-order valence-corrected chi connectivity index (χ0v) is 23.8. The van der Waals surface area contributed by atoms with Crippen LogP contribution in [0.25, 0.3) is 0 Å². The monoisotopic (exact) mass is 456 g/mol. The van der Waals surface area contributed by atoms with Crippen molar-refractivity contribution in [2.75, 3.05) is 0 Å². The molecule has 1 heteroatoms. The van der Waals surface area contributed by atoms with Crippen LogP contribution in [0.4, 0.5) is 0 Å².